The number of ether oxygens (including phenoxy) is 1. The number of aromatic nitrogens is 1. The quantitative estimate of drug-likeness (QED) is 0.432. The van der Waals surface area contributed by atoms with Crippen LogP contribution >= 0.6 is 34.2 Å². The van der Waals surface area contributed by atoms with Crippen LogP contribution < -0.4 is 0 Å². The Morgan fingerprint density at radius 2 is 1.86 bits per heavy atom. The molecule has 0 fully saturated rings. The first-order valence-corrected chi connectivity index (χ1v) is 8.11. The van der Waals surface area contributed by atoms with Gasteiger partial charge in [-0.25, -0.2) is 4.79 Å². The Hall–Kier alpha value is -1.53. The van der Waals surface area contributed by atoms with E-state index in [1.54, 1.807) is 6.07 Å². The Balaban J connectivity index is 2.24. The van der Waals surface area contributed by atoms with Gasteiger partial charge in [0.25, 0.3) is 0 Å². The van der Waals surface area contributed by atoms with Gasteiger partial charge in [-0.3, -0.25) is 0 Å². The second-order valence-corrected chi connectivity index (χ2v) is 6.47. The summed E-state index contributed by atoms with van der Waals surface area (Å²) in [6.07, 6.45) is 0. The Morgan fingerprint density at radius 1 is 1.18 bits per heavy atom. The summed E-state index contributed by atoms with van der Waals surface area (Å²) >= 11 is 8.29. The number of aryl methyl sites for hydroxylation is 1. The van der Waals surface area contributed by atoms with Crippen LogP contribution in [-0.4, -0.2) is 17.6 Å². The summed E-state index contributed by atoms with van der Waals surface area (Å²) in [4.78, 5) is 11.7. The normalized spacial score (nSPS) is 10.9. The molecule has 0 atom stereocenters. The molecule has 5 heteroatoms. The van der Waals surface area contributed by atoms with E-state index in [0.29, 0.717) is 10.6 Å². The molecular formula is C17H13ClINO2. The number of nitrogens with zero attached hydrogens (tertiary/aromatic N) is 1. The van der Waals surface area contributed by atoms with Crippen LogP contribution in [0.4, 0.5) is 0 Å². The Bertz CT molecular complexity index is 868. The van der Waals surface area contributed by atoms with Gasteiger partial charge >= 0.3 is 5.97 Å². The molecule has 0 unspecified atom stereocenters. The van der Waals surface area contributed by atoms with Crippen molar-refractivity contribution in [2.24, 2.45) is 7.05 Å². The van der Waals surface area contributed by atoms with Crippen LogP contribution in [0.5, 0.6) is 0 Å². The lowest BCUT2D eigenvalue weighted by Crippen LogP contribution is -2.00. The number of hydrogen-bond donors (Lipinski definition) is 0. The van der Waals surface area contributed by atoms with Crippen LogP contribution in [0.1, 0.15) is 10.4 Å². The van der Waals surface area contributed by atoms with Crippen molar-refractivity contribution in [2.75, 3.05) is 7.11 Å². The maximum atomic E-state index is 11.7. The standard InChI is InChI=1S/C17H13ClINO2/c1-20-14-8-5-11(17(21)22-2)9-13(14)15(19)16(20)10-3-6-12(18)7-4-10/h3-9H,1-2H3. The summed E-state index contributed by atoms with van der Waals surface area (Å²) in [5.41, 5.74) is 3.82. The van der Waals surface area contributed by atoms with Gasteiger partial charge < -0.3 is 9.30 Å². The number of hydrogen-bond acceptors (Lipinski definition) is 2. The minimum atomic E-state index is -0.324. The highest BCUT2D eigenvalue weighted by Crippen LogP contribution is 2.35. The Morgan fingerprint density at radius 3 is 2.50 bits per heavy atom. The Labute approximate surface area is 147 Å². The van der Waals surface area contributed by atoms with Crippen LogP contribution in [0.2, 0.25) is 5.02 Å². The number of benzene rings is 2. The summed E-state index contributed by atoms with van der Waals surface area (Å²) in [7, 11) is 3.41. The number of methoxy groups -OCH3 is 1. The molecule has 0 amide bonds. The van der Waals surface area contributed by atoms with E-state index in [9.17, 15) is 4.79 Å². The van der Waals surface area contributed by atoms with Crippen LogP contribution in [0.3, 0.4) is 0 Å². The zero-order chi connectivity index (χ0) is 15.9. The van der Waals surface area contributed by atoms with Gasteiger partial charge in [0.05, 0.1) is 18.4 Å². The summed E-state index contributed by atoms with van der Waals surface area (Å²) in [5, 5.41) is 1.75. The molecule has 0 aliphatic rings. The third-order valence-electron chi connectivity index (χ3n) is 3.68. The molecule has 2 aromatic carbocycles. The minimum absolute atomic E-state index is 0.324. The molecule has 3 aromatic rings. The average molecular weight is 426 g/mol. The highest BCUT2D eigenvalue weighted by Gasteiger charge is 2.16. The molecule has 1 aromatic heterocycles. The first-order valence-electron chi connectivity index (χ1n) is 6.65. The lowest BCUT2D eigenvalue weighted by atomic mass is 10.1. The van der Waals surface area contributed by atoms with E-state index >= 15 is 0 Å². The van der Waals surface area contributed by atoms with Crippen molar-refractivity contribution in [1.29, 1.82) is 0 Å². The molecule has 0 radical (unpaired) electrons. The number of halogens is 2. The average Bonchev–Trinajstić information content (AvgIpc) is 2.79. The topological polar surface area (TPSA) is 31.2 Å². The van der Waals surface area contributed by atoms with E-state index in [1.807, 2.05) is 43.4 Å². The van der Waals surface area contributed by atoms with E-state index in [-0.39, 0.29) is 5.97 Å². The van der Waals surface area contributed by atoms with Gasteiger partial charge in [0.15, 0.2) is 0 Å². The second-order valence-electron chi connectivity index (χ2n) is 4.95. The van der Waals surface area contributed by atoms with Crippen LogP contribution in [-0.2, 0) is 11.8 Å². The third kappa shape index (κ3) is 2.50. The fraction of sp³-hybridized carbons (Fsp3) is 0.118. The fourth-order valence-electron chi connectivity index (χ4n) is 2.57. The number of esters is 1. The van der Waals surface area contributed by atoms with Crippen molar-refractivity contribution >= 4 is 51.1 Å². The summed E-state index contributed by atoms with van der Waals surface area (Å²) in [6.45, 7) is 0. The number of carbonyl (C=O) groups is 1. The Kier molecular flexibility index (Phi) is 4.14. The van der Waals surface area contributed by atoms with Gasteiger partial charge in [-0.05, 0) is 58.5 Å². The van der Waals surface area contributed by atoms with E-state index in [0.717, 1.165) is 25.7 Å². The fourth-order valence-corrected chi connectivity index (χ4v) is 3.80. The molecule has 1 heterocycles. The minimum Gasteiger partial charge on any atom is -0.465 e. The van der Waals surface area contributed by atoms with Crippen molar-refractivity contribution in [1.82, 2.24) is 4.57 Å². The lowest BCUT2D eigenvalue weighted by molar-refractivity contribution is 0.0601. The molecule has 0 saturated heterocycles. The van der Waals surface area contributed by atoms with E-state index < -0.39 is 0 Å². The van der Waals surface area contributed by atoms with Gasteiger partial charge in [0.2, 0.25) is 0 Å². The molecule has 0 aliphatic carbocycles. The van der Waals surface area contributed by atoms with Crippen LogP contribution in [0.15, 0.2) is 42.5 Å². The zero-order valence-corrected chi connectivity index (χ0v) is 15.0. The van der Waals surface area contributed by atoms with Crippen LogP contribution in [0, 0.1) is 3.57 Å². The highest BCUT2D eigenvalue weighted by atomic mass is 127. The first kappa shape index (κ1) is 15.4. The third-order valence-corrected chi connectivity index (χ3v) is 5.02. The van der Waals surface area contributed by atoms with E-state index in [1.165, 1.54) is 7.11 Å². The predicted octanol–water partition coefficient (Wildman–Crippen LogP) is 4.89. The van der Waals surface area contributed by atoms with E-state index in [4.69, 9.17) is 16.3 Å². The molecule has 0 aliphatic heterocycles. The maximum absolute atomic E-state index is 11.7. The molecule has 3 rings (SSSR count). The zero-order valence-electron chi connectivity index (χ0n) is 12.1. The van der Waals surface area contributed by atoms with Crippen molar-refractivity contribution in [2.45, 2.75) is 0 Å². The largest absolute Gasteiger partial charge is 0.465 e. The van der Waals surface area contributed by atoms with Crippen molar-refractivity contribution in [3.63, 3.8) is 0 Å². The van der Waals surface area contributed by atoms with Crippen LogP contribution in [0.25, 0.3) is 22.2 Å². The first-order chi connectivity index (χ1) is 10.5. The second kappa shape index (κ2) is 5.93. The number of carbonyl (C=O) groups excluding carboxylic acids is 1. The molecule has 0 saturated carbocycles. The van der Waals surface area contributed by atoms with Gasteiger partial charge in [-0.1, -0.05) is 23.7 Å². The van der Waals surface area contributed by atoms with Gasteiger partial charge in [-0.2, -0.15) is 0 Å². The summed E-state index contributed by atoms with van der Waals surface area (Å²) in [5.74, 6) is -0.324. The van der Waals surface area contributed by atoms with E-state index in [2.05, 4.69) is 27.2 Å². The van der Waals surface area contributed by atoms with Crippen molar-refractivity contribution in [3.05, 3.63) is 56.6 Å². The lowest BCUT2D eigenvalue weighted by Gasteiger charge is -2.05. The highest BCUT2D eigenvalue weighted by molar-refractivity contribution is 14.1. The van der Waals surface area contributed by atoms with Gasteiger partial charge in [-0.15, -0.1) is 0 Å². The summed E-state index contributed by atoms with van der Waals surface area (Å²) in [6, 6.07) is 13.4. The molecule has 0 N–H and O–H groups in total. The molecule has 0 bridgehead atoms. The molecular weight excluding hydrogens is 413 g/mol. The van der Waals surface area contributed by atoms with Gasteiger partial charge in [0, 0.05) is 26.5 Å². The molecule has 112 valence electrons. The maximum Gasteiger partial charge on any atom is 0.337 e. The monoisotopic (exact) mass is 425 g/mol. The van der Waals surface area contributed by atoms with Crippen molar-refractivity contribution in [3.8, 4) is 11.3 Å². The predicted molar refractivity (Wildman–Crippen MR) is 97.4 cm³/mol. The number of fused-ring (bicyclic) bond motifs is 1. The SMILES string of the molecule is COC(=O)c1ccc2c(c1)c(I)c(-c1ccc(Cl)cc1)n2C. The smallest absolute Gasteiger partial charge is 0.337 e. The van der Waals surface area contributed by atoms with Gasteiger partial charge in [0.1, 0.15) is 0 Å². The molecule has 0 spiro atoms. The molecule has 3 nitrogen and oxygen atoms in total. The molecule has 22 heavy (non-hydrogen) atoms. The van der Waals surface area contributed by atoms with Crippen molar-refractivity contribution < 1.29 is 9.53 Å². The summed E-state index contributed by atoms with van der Waals surface area (Å²) < 4.78 is 8.02. The number of rotatable bonds is 2.